The average molecular weight is 249 g/mol. The molecule has 0 spiro atoms. The molecule has 0 atom stereocenters. The van der Waals surface area contributed by atoms with E-state index in [9.17, 15) is 4.79 Å². The van der Waals surface area contributed by atoms with E-state index in [1.54, 1.807) is 6.20 Å². The molecule has 0 fully saturated rings. The molecule has 2 N–H and O–H groups in total. The molecule has 0 saturated heterocycles. The molecule has 1 aromatic rings. The van der Waals surface area contributed by atoms with Crippen molar-refractivity contribution in [3.05, 3.63) is 18.3 Å². The molecule has 18 heavy (non-hydrogen) atoms. The molecule has 0 unspecified atom stereocenters. The number of amides is 1. The number of hydrogen-bond donors (Lipinski definition) is 2. The van der Waals surface area contributed by atoms with Crippen molar-refractivity contribution in [2.45, 2.75) is 40.0 Å². The maximum Gasteiger partial charge on any atom is 0.224 e. The van der Waals surface area contributed by atoms with Crippen molar-refractivity contribution in [3.8, 4) is 0 Å². The lowest BCUT2D eigenvalue weighted by molar-refractivity contribution is -0.116. The zero-order valence-corrected chi connectivity index (χ0v) is 11.5. The van der Waals surface area contributed by atoms with Crippen LogP contribution in [0.15, 0.2) is 18.3 Å². The van der Waals surface area contributed by atoms with E-state index >= 15 is 0 Å². The van der Waals surface area contributed by atoms with Gasteiger partial charge in [-0.05, 0) is 24.5 Å². The molecular weight excluding hydrogens is 226 g/mol. The number of unbranched alkanes of at least 4 members (excludes halogenated alkanes) is 1. The SMILES string of the molecule is CCCCNc1ccc(NC(=O)CC(C)C)cn1. The minimum Gasteiger partial charge on any atom is -0.370 e. The third-order valence-electron chi connectivity index (χ3n) is 2.48. The lowest BCUT2D eigenvalue weighted by Gasteiger charge is -2.08. The molecule has 0 aliphatic heterocycles. The van der Waals surface area contributed by atoms with Crippen LogP contribution in [0.5, 0.6) is 0 Å². The largest absolute Gasteiger partial charge is 0.370 e. The summed E-state index contributed by atoms with van der Waals surface area (Å²) in [4.78, 5) is 15.8. The topological polar surface area (TPSA) is 54.0 Å². The zero-order chi connectivity index (χ0) is 13.4. The van der Waals surface area contributed by atoms with Gasteiger partial charge in [0, 0.05) is 13.0 Å². The maximum absolute atomic E-state index is 11.6. The van der Waals surface area contributed by atoms with E-state index in [-0.39, 0.29) is 5.91 Å². The molecule has 0 aliphatic carbocycles. The lowest BCUT2D eigenvalue weighted by Crippen LogP contribution is -2.14. The van der Waals surface area contributed by atoms with Gasteiger partial charge < -0.3 is 10.6 Å². The Morgan fingerprint density at radius 2 is 2.17 bits per heavy atom. The van der Waals surface area contributed by atoms with Crippen LogP contribution in [0.2, 0.25) is 0 Å². The van der Waals surface area contributed by atoms with Crippen molar-refractivity contribution in [1.82, 2.24) is 4.98 Å². The van der Waals surface area contributed by atoms with Gasteiger partial charge >= 0.3 is 0 Å². The average Bonchev–Trinajstić information content (AvgIpc) is 2.30. The van der Waals surface area contributed by atoms with Crippen LogP contribution in [0.4, 0.5) is 11.5 Å². The highest BCUT2D eigenvalue weighted by molar-refractivity contribution is 5.90. The van der Waals surface area contributed by atoms with Gasteiger partial charge in [0.25, 0.3) is 0 Å². The molecule has 0 aromatic carbocycles. The molecular formula is C14H23N3O. The third kappa shape index (κ3) is 5.66. The number of aromatic nitrogens is 1. The highest BCUT2D eigenvalue weighted by atomic mass is 16.1. The van der Waals surface area contributed by atoms with Crippen LogP contribution >= 0.6 is 0 Å². The summed E-state index contributed by atoms with van der Waals surface area (Å²) in [6, 6.07) is 3.76. The van der Waals surface area contributed by atoms with Gasteiger partial charge in [0.2, 0.25) is 5.91 Å². The predicted molar refractivity (Wildman–Crippen MR) is 75.7 cm³/mol. The first-order valence-corrected chi connectivity index (χ1v) is 6.61. The summed E-state index contributed by atoms with van der Waals surface area (Å²) < 4.78 is 0. The fourth-order valence-electron chi connectivity index (χ4n) is 1.55. The first-order chi connectivity index (χ1) is 8.61. The molecule has 0 bridgehead atoms. The summed E-state index contributed by atoms with van der Waals surface area (Å²) in [6.07, 6.45) is 4.52. The van der Waals surface area contributed by atoms with E-state index in [1.165, 1.54) is 0 Å². The molecule has 1 rings (SSSR count). The first kappa shape index (κ1) is 14.5. The van der Waals surface area contributed by atoms with Crippen LogP contribution < -0.4 is 10.6 Å². The van der Waals surface area contributed by atoms with Crippen molar-refractivity contribution in [2.24, 2.45) is 5.92 Å². The Morgan fingerprint density at radius 3 is 2.72 bits per heavy atom. The number of pyridine rings is 1. The minimum absolute atomic E-state index is 0.0403. The van der Waals surface area contributed by atoms with E-state index in [0.29, 0.717) is 12.3 Å². The minimum atomic E-state index is 0.0403. The van der Waals surface area contributed by atoms with Crippen molar-refractivity contribution < 1.29 is 4.79 Å². The van der Waals surface area contributed by atoms with E-state index in [2.05, 4.69) is 22.5 Å². The second-order valence-electron chi connectivity index (χ2n) is 4.86. The number of carbonyl (C=O) groups excluding carboxylic acids is 1. The summed E-state index contributed by atoms with van der Waals surface area (Å²) in [5, 5.41) is 6.07. The molecule has 0 aliphatic rings. The molecule has 1 amide bonds. The second kappa shape index (κ2) is 7.69. The normalized spacial score (nSPS) is 10.4. The summed E-state index contributed by atoms with van der Waals surface area (Å²) in [6.45, 7) is 7.14. The van der Waals surface area contributed by atoms with Crippen LogP contribution in [-0.4, -0.2) is 17.4 Å². The quantitative estimate of drug-likeness (QED) is 0.729. The van der Waals surface area contributed by atoms with E-state index in [0.717, 1.165) is 30.9 Å². The summed E-state index contributed by atoms with van der Waals surface area (Å²) in [5.41, 5.74) is 0.752. The Bertz CT molecular complexity index is 360. The van der Waals surface area contributed by atoms with Crippen LogP contribution in [0, 0.1) is 5.92 Å². The molecule has 4 heteroatoms. The summed E-state index contributed by atoms with van der Waals surface area (Å²) in [5.74, 6) is 1.26. The van der Waals surface area contributed by atoms with Gasteiger partial charge in [-0.3, -0.25) is 4.79 Å². The van der Waals surface area contributed by atoms with Gasteiger partial charge in [0.1, 0.15) is 5.82 Å². The van der Waals surface area contributed by atoms with Gasteiger partial charge in [-0.1, -0.05) is 27.2 Å². The van der Waals surface area contributed by atoms with E-state index < -0.39 is 0 Å². The fourth-order valence-corrected chi connectivity index (χ4v) is 1.55. The smallest absolute Gasteiger partial charge is 0.224 e. The van der Waals surface area contributed by atoms with Crippen LogP contribution in [0.25, 0.3) is 0 Å². The van der Waals surface area contributed by atoms with Gasteiger partial charge in [-0.15, -0.1) is 0 Å². The van der Waals surface area contributed by atoms with E-state index in [4.69, 9.17) is 0 Å². The number of anilines is 2. The predicted octanol–water partition coefficient (Wildman–Crippen LogP) is 3.28. The zero-order valence-electron chi connectivity index (χ0n) is 11.5. The van der Waals surface area contributed by atoms with Crippen LogP contribution in [-0.2, 0) is 4.79 Å². The first-order valence-electron chi connectivity index (χ1n) is 6.61. The Hall–Kier alpha value is -1.58. The summed E-state index contributed by atoms with van der Waals surface area (Å²) in [7, 11) is 0. The lowest BCUT2D eigenvalue weighted by atomic mass is 10.1. The molecule has 100 valence electrons. The van der Waals surface area contributed by atoms with Crippen molar-refractivity contribution in [2.75, 3.05) is 17.2 Å². The molecule has 1 heterocycles. The highest BCUT2D eigenvalue weighted by Crippen LogP contribution is 2.11. The van der Waals surface area contributed by atoms with Gasteiger partial charge in [-0.25, -0.2) is 4.98 Å². The number of carbonyl (C=O) groups is 1. The number of nitrogens with zero attached hydrogens (tertiary/aromatic N) is 1. The van der Waals surface area contributed by atoms with Crippen LogP contribution in [0.1, 0.15) is 40.0 Å². The molecule has 4 nitrogen and oxygen atoms in total. The number of rotatable bonds is 7. The fraction of sp³-hybridized carbons (Fsp3) is 0.571. The second-order valence-corrected chi connectivity index (χ2v) is 4.86. The number of nitrogens with one attached hydrogen (secondary N) is 2. The van der Waals surface area contributed by atoms with Gasteiger partial charge in [-0.2, -0.15) is 0 Å². The van der Waals surface area contributed by atoms with Crippen LogP contribution in [0.3, 0.4) is 0 Å². The Kier molecular flexibility index (Phi) is 6.19. The molecule has 0 radical (unpaired) electrons. The molecule has 1 aromatic heterocycles. The Morgan fingerprint density at radius 1 is 1.39 bits per heavy atom. The number of hydrogen-bond acceptors (Lipinski definition) is 3. The molecule has 0 saturated carbocycles. The Balaban J connectivity index is 2.42. The standard InChI is InChI=1S/C14H23N3O/c1-4-5-8-15-13-7-6-12(10-16-13)17-14(18)9-11(2)3/h6-7,10-11H,4-5,8-9H2,1-3H3,(H,15,16)(H,17,18). The van der Waals surface area contributed by atoms with Gasteiger partial charge in [0.15, 0.2) is 0 Å². The highest BCUT2D eigenvalue weighted by Gasteiger charge is 2.05. The van der Waals surface area contributed by atoms with Gasteiger partial charge in [0.05, 0.1) is 11.9 Å². The van der Waals surface area contributed by atoms with Crippen molar-refractivity contribution in [3.63, 3.8) is 0 Å². The third-order valence-corrected chi connectivity index (χ3v) is 2.48. The van der Waals surface area contributed by atoms with Crippen molar-refractivity contribution in [1.29, 1.82) is 0 Å². The monoisotopic (exact) mass is 249 g/mol. The Labute approximate surface area is 109 Å². The maximum atomic E-state index is 11.6. The summed E-state index contributed by atoms with van der Waals surface area (Å²) >= 11 is 0. The van der Waals surface area contributed by atoms with E-state index in [1.807, 2.05) is 26.0 Å². The van der Waals surface area contributed by atoms with Crippen molar-refractivity contribution >= 4 is 17.4 Å².